The highest BCUT2D eigenvalue weighted by molar-refractivity contribution is 5.85. The Hall–Kier alpha value is -1.32. The topological polar surface area (TPSA) is 43.8 Å². The van der Waals surface area contributed by atoms with Crippen LogP contribution in [0.4, 0.5) is 0 Å². The molecule has 0 spiro atoms. The Labute approximate surface area is 107 Å². The Bertz CT molecular complexity index is 505. The van der Waals surface area contributed by atoms with E-state index in [4.69, 9.17) is 5.73 Å². The van der Waals surface area contributed by atoms with Crippen molar-refractivity contribution in [2.75, 3.05) is 0 Å². The van der Waals surface area contributed by atoms with E-state index in [2.05, 4.69) is 21.9 Å². The van der Waals surface area contributed by atoms with Gasteiger partial charge in [0.2, 0.25) is 0 Å². The first-order valence-electron chi connectivity index (χ1n) is 5.75. The van der Waals surface area contributed by atoms with Crippen LogP contribution >= 0.6 is 12.4 Å². The van der Waals surface area contributed by atoms with E-state index in [-0.39, 0.29) is 12.4 Å². The van der Waals surface area contributed by atoms with Crippen LogP contribution in [0.25, 0.3) is 5.69 Å². The van der Waals surface area contributed by atoms with Crippen LogP contribution in [0.3, 0.4) is 0 Å². The zero-order valence-electron chi connectivity index (χ0n) is 9.60. The van der Waals surface area contributed by atoms with E-state index >= 15 is 0 Å². The Morgan fingerprint density at radius 2 is 1.94 bits per heavy atom. The average molecular weight is 250 g/mol. The van der Waals surface area contributed by atoms with Crippen LogP contribution in [0.1, 0.15) is 23.4 Å². The van der Waals surface area contributed by atoms with E-state index in [1.807, 2.05) is 18.2 Å². The van der Waals surface area contributed by atoms with Gasteiger partial charge in [0, 0.05) is 12.2 Å². The third kappa shape index (κ3) is 1.96. The van der Waals surface area contributed by atoms with Crippen LogP contribution < -0.4 is 5.73 Å². The van der Waals surface area contributed by atoms with E-state index in [0.717, 1.165) is 24.2 Å². The minimum Gasteiger partial charge on any atom is -0.325 e. The molecule has 2 N–H and O–H groups in total. The van der Waals surface area contributed by atoms with Crippen molar-refractivity contribution < 1.29 is 0 Å². The van der Waals surface area contributed by atoms with Crippen molar-refractivity contribution in [3.63, 3.8) is 0 Å². The largest absolute Gasteiger partial charge is 0.325 e. The maximum absolute atomic E-state index is 5.74. The molecule has 4 heteroatoms. The van der Waals surface area contributed by atoms with E-state index in [9.17, 15) is 0 Å². The Balaban J connectivity index is 0.00000108. The number of nitrogens with zero attached hydrogens (tertiary/aromatic N) is 2. The maximum atomic E-state index is 5.74. The van der Waals surface area contributed by atoms with Crippen molar-refractivity contribution in [2.45, 2.75) is 25.8 Å². The molecule has 3 rings (SSSR count). The molecule has 2 aromatic rings. The van der Waals surface area contributed by atoms with Gasteiger partial charge in [-0.05, 0) is 37.0 Å². The van der Waals surface area contributed by atoms with Crippen LogP contribution in [0, 0.1) is 0 Å². The highest BCUT2D eigenvalue weighted by Crippen LogP contribution is 2.27. The molecule has 0 saturated heterocycles. The summed E-state index contributed by atoms with van der Waals surface area (Å²) in [5.41, 5.74) is 10.7. The van der Waals surface area contributed by atoms with Gasteiger partial charge in [0.15, 0.2) is 0 Å². The molecule has 1 heterocycles. The van der Waals surface area contributed by atoms with Crippen molar-refractivity contribution in [1.29, 1.82) is 0 Å². The van der Waals surface area contributed by atoms with Gasteiger partial charge in [-0.2, -0.15) is 5.10 Å². The summed E-state index contributed by atoms with van der Waals surface area (Å²) in [6.45, 7) is 0.544. The molecule has 3 nitrogen and oxygen atoms in total. The first-order chi connectivity index (χ1) is 7.90. The summed E-state index contributed by atoms with van der Waals surface area (Å²) in [5, 5.41) is 4.61. The summed E-state index contributed by atoms with van der Waals surface area (Å²) < 4.78 is 2.06. The van der Waals surface area contributed by atoms with Gasteiger partial charge in [-0.15, -0.1) is 12.4 Å². The summed E-state index contributed by atoms with van der Waals surface area (Å²) in [6, 6.07) is 10.3. The molecule has 0 fully saturated rings. The SMILES string of the molecule is Cl.NCc1nn(-c2ccccc2)c2c1CCC2. The first kappa shape index (κ1) is 12.1. The Kier molecular flexibility index (Phi) is 3.50. The van der Waals surface area contributed by atoms with Gasteiger partial charge in [0.1, 0.15) is 0 Å². The van der Waals surface area contributed by atoms with Crippen molar-refractivity contribution in [3.05, 3.63) is 47.3 Å². The lowest BCUT2D eigenvalue weighted by molar-refractivity contribution is 0.758. The number of nitrogens with two attached hydrogens (primary N) is 1. The Morgan fingerprint density at radius 1 is 1.18 bits per heavy atom. The normalized spacial score (nSPS) is 13.2. The number of para-hydroxylation sites is 1. The fourth-order valence-electron chi connectivity index (χ4n) is 2.46. The average Bonchev–Trinajstić information content (AvgIpc) is 2.91. The van der Waals surface area contributed by atoms with Gasteiger partial charge in [-0.1, -0.05) is 18.2 Å². The molecule has 90 valence electrons. The minimum absolute atomic E-state index is 0. The predicted octanol–water partition coefficient (Wildman–Crippen LogP) is 2.24. The monoisotopic (exact) mass is 249 g/mol. The zero-order valence-corrected chi connectivity index (χ0v) is 10.4. The molecular formula is C13H16ClN3. The number of hydrogen-bond donors (Lipinski definition) is 1. The smallest absolute Gasteiger partial charge is 0.0799 e. The van der Waals surface area contributed by atoms with Crippen molar-refractivity contribution in [1.82, 2.24) is 9.78 Å². The predicted molar refractivity (Wildman–Crippen MR) is 70.7 cm³/mol. The quantitative estimate of drug-likeness (QED) is 0.887. The van der Waals surface area contributed by atoms with Gasteiger partial charge >= 0.3 is 0 Å². The second-order valence-corrected chi connectivity index (χ2v) is 4.18. The molecule has 0 saturated carbocycles. The molecule has 17 heavy (non-hydrogen) atoms. The number of aromatic nitrogens is 2. The number of hydrogen-bond acceptors (Lipinski definition) is 2. The molecular weight excluding hydrogens is 234 g/mol. The second kappa shape index (κ2) is 4.90. The maximum Gasteiger partial charge on any atom is 0.0799 e. The summed E-state index contributed by atoms with van der Waals surface area (Å²) in [5.74, 6) is 0. The van der Waals surface area contributed by atoms with Gasteiger partial charge in [0.25, 0.3) is 0 Å². The van der Waals surface area contributed by atoms with Crippen molar-refractivity contribution in [3.8, 4) is 5.69 Å². The highest BCUT2D eigenvalue weighted by atomic mass is 35.5. The third-order valence-electron chi connectivity index (χ3n) is 3.21. The summed E-state index contributed by atoms with van der Waals surface area (Å²) in [7, 11) is 0. The summed E-state index contributed by atoms with van der Waals surface area (Å²) in [4.78, 5) is 0. The van der Waals surface area contributed by atoms with Crippen LogP contribution in [0.15, 0.2) is 30.3 Å². The van der Waals surface area contributed by atoms with Crippen LogP contribution in [0.2, 0.25) is 0 Å². The molecule has 0 bridgehead atoms. The van der Waals surface area contributed by atoms with Gasteiger partial charge < -0.3 is 5.73 Å². The summed E-state index contributed by atoms with van der Waals surface area (Å²) >= 11 is 0. The molecule has 0 unspecified atom stereocenters. The van der Waals surface area contributed by atoms with Crippen LogP contribution in [-0.2, 0) is 19.4 Å². The molecule has 0 aliphatic heterocycles. The van der Waals surface area contributed by atoms with Crippen molar-refractivity contribution in [2.24, 2.45) is 5.73 Å². The van der Waals surface area contributed by atoms with Gasteiger partial charge in [-0.3, -0.25) is 0 Å². The summed E-state index contributed by atoms with van der Waals surface area (Å²) in [6.07, 6.45) is 3.49. The van der Waals surface area contributed by atoms with E-state index < -0.39 is 0 Å². The number of halogens is 1. The zero-order chi connectivity index (χ0) is 11.0. The third-order valence-corrected chi connectivity index (χ3v) is 3.21. The van der Waals surface area contributed by atoms with Gasteiger partial charge in [0.05, 0.1) is 11.4 Å². The Morgan fingerprint density at radius 3 is 2.65 bits per heavy atom. The van der Waals surface area contributed by atoms with Crippen LogP contribution in [-0.4, -0.2) is 9.78 Å². The highest BCUT2D eigenvalue weighted by Gasteiger charge is 2.21. The molecule has 0 atom stereocenters. The fourth-order valence-corrected chi connectivity index (χ4v) is 2.46. The molecule has 1 aromatic carbocycles. The molecule has 1 aliphatic carbocycles. The minimum atomic E-state index is 0. The molecule has 1 aromatic heterocycles. The lowest BCUT2D eigenvalue weighted by Gasteiger charge is -2.04. The number of benzene rings is 1. The van der Waals surface area contributed by atoms with E-state index in [1.54, 1.807) is 0 Å². The molecule has 1 aliphatic rings. The lowest BCUT2D eigenvalue weighted by atomic mass is 10.2. The van der Waals surface area contributed by atoms with E-state index in [0.29, 0.717) is 6.54 Å². The van der Waals surface area contributed by atoms with E-state index in [1.165, 1.54) is 17.7 Å². The second-order valence-electron chi connectivity index (χ2n) is 4.18. The molecule has 0 amide bonds. The van der Waals surface area contributed by atoms with Crippen molar-refractivity contribution >= 4 is 12.4 Å². The fraction of sp³-hybridized carbons (Fsp3) is 0.308. The number of fused-ring (bicyclic) bond motifs is 1. The number of rotatable bonds is 2. The van der Waals surface area contributed by atoms with Crippen LogP contribution in [0.5, 0.6) is 0 Å². The lowest BCUT2D eigenvalue weighted by Crippen LogP contribution is -2.03. The first-order valence-corrected chi connectivity index (χ1v) is 5.75. The molecule has 0 radical (unpaired) electrons. The standard InChI is InChI=1S/C13H15N3.ClH/c14-9-12-11-7-4-8-13(11)16(15-12)10-5-2-1-3-6-10;/h1-3,5-6H,4,7-9,14H2;1H. The van der Waals surface area contributed by atoms with Gasteiger partial charge in [-0.25, -0.2) is 4.68 Å².